The van der Waals surface area contributed by atoms with Gasteiger partial charge in [-0.1, -0.05) is 35.0 Å². The molecule has 4 rings (SSSR count). The number of benzene rings is 2. The van der Waals surface area contributed by atoms with Gasteiger partial charge in [-0.3, -0.25) is 14.4 Å². The number of nitrogen functional groups attached to an aromatic ring is 2. The lowest BCUT2D eigenvalue weighted by atomic mass is 10.1. The summed E-state index contributed by atoms with van der Waals surface area (Å²) in [6, 6.07) is 11.4. The maximum atomic E-state index is 12.9. The van der Waals surface area contributed by atoms with Gasteiger partial charge in [-0.05, 0) is 42.5 Å². The van der Waals surface area contributed by atoms with E-state index in [1.54, 1.807) is 0 Å². The minimum Gasteiger partial charge on any atom is -0.454 e. The van der Waals surface area contributed by atoms with Crippen molar-refractivity contribution in [1.29, 1.82) is 0 Å². The number of nitrogens with two attached hydrogens (primary N) is 2. The fourth-order valence-corrected chi connectivity index (χ4v) is 4.62. The Kier molecular flexibility index (Phi) is 7.43. The highest BCUT2D eigenvalue weighted by molar-refractivity contribution is 8.00. The van der Waals surface area contributed by atoms with Crippen LogP contribution in [0.15, 0.2) is 53.7 Å². The summed E-state index contributed by atoms with van der Waals surface area (Å²) in [6.07, 6.45) is -0.0673. The monoisotopic (exact) mass is 545 g/mol. The predicted molar refractivity (Wildman–Crippen MR) is 135 cm³/mol. The molecule has 0 spiro atoms. The molecule has 10 nitrogen and oxygen atoms in total. The number of aromatic nitrogens is 2. The third-order valence-electron chi connectivity index (χ3n) is 5.04. The average Bonchev–Trinajstić information content (AvgIpc) is 3.10. The van der Waals surface area contributed by atoms with Crippen LogP contribution in [0.5, 0.6) is 0 Å². The maximum Gasteiger partial charge on any atom is 0.338 e. The number of thioether (sulfide) groups is 1. The third kappa shape index (κ3) is 5.59. The molecule has 1 fully saturated rings. The molecule has 1 atom stereocenters. The van der Waals surface area contributed by atoms with E-state index in [0.717, 1.165) is 16.7 Å². The Balaban J connectivity index is 1.39. The van der Waals surface area contributed by atoms with Crippen molar-refractivity contribution in [2.75, 3.05) is 23.0 Å². The Bertz CT molecular complexity index is 1370. The number of esters is 1. The van der Waals surface area contributed by atoms with Crippen molar-refractivity contribution in [3.8, 4) is 0 Å². The zero-order valence-electron chi connectivity index (χ0n) is 18.3. The second-order valence-corrected chi connectivity index (χ2v) is 9.54. The van der Waals surface area contributed by atoms with E-state index in [1.807, 2.05) is 0 Å². The molecule has 0 aliphatic carbocycles. The predicted octanol–water partition coefficient (Wildman–Crippen LogP) is 3.41. The van der Waals surface area contributed by atoms with Crippen LogP contribution in [0.25, 0.3) is 0 Å². The molecule has 4 N–H and O–H groups in total. The largest absolute Gasteiger partial charge is 0.454 e. The van der Waals surface area contributed by atoms with Gasteiger partial charge in [0.1, 0.15) is 16.9 Å². The zero-order valence-corrected chi connectivity index (χ0v) is 20.6. The molecule has 2 heterocycles. The van der Waals surface area contributed by atoms with E-state index in [9.17, 15) is 19.2 Å². The number of anilines is 3. The molecular weight excluding hydrogens is 529 g/mol. The van der Waals surface area contributed by atoms with Crippen LogP contribution in [-0.4, -0.2) is 45.4 Å². The first-order valence-electron chi connectivity index (χ1n) is 10.3. The van der Waals surface area contributed by atoms with E-state index in [0.29, 0.717) is 5.02 Å². The van der Waals surface area contributed by atoms with E-state index in [4.69, 9.17) is 39.4 Å². The van der Waals surface area contributed by atoms with Crippen molar-refractivity contribution in [3.63, 3.8) is 0 Å². The van der Waals surface area contributed by atoms with Crippen molar-refractivity contribution in [2.24, 2.45) is 0 Å². The molecule has 1 aliphatic rings. The van der Waals surface area contributed by atoms with Gasteiger partial charge in [0.25, 0.3) is 0 Å². The second kappa shape index (κ2) is 10.5. The highest BCUT2D eigenvalue weighted by Crippen LogP contribution is 2.33. The molecule has 2 amide bonds. The molecule has 1 unspecified atom stereocenters. The van der Waals surface area contributed by atoms with Gasteiger partial charge < -0.3 is 16.2 Å². The van der Waals surface area contributed by atoms with E-state index in [-0.39, 0.29) is 45.0 Å². The molecule has 0 bridgehead atoms. The molecule has 1 aliphatic heterocycles. The number of carbonyl (C=O) groups excluding carboxylic acids is 4. The lowest BCUT2D eigenvalue weighted by Crippen LogP contribution is -2.31. The fourth-order valence-electron chi connectivity index (χ4n) is 3.32. The number of nitrogens with zero attached hydrogens (tertiary/aromatic N) is 3. The minimum absolute atomic E-state index is 0.0673. The summed E-state index contributed by atoms with van der Waals surface area (Å²) in [5.41, 5.74) is 12.0. The van der Waals surface area contributed by atoms with Crippen LogP contribution in [0.4, 0.5) is 17.3 Å². The number of Topliss-reactive ketones (excluding diaryl/α,β-unsaturated/α-hetero) is 1. The highest BCUT2D eigenvalue weighted by Gasteiger charge is 2.40. The Morgan fingerprint density at radius 1 is 0.972 bits per heavy atom. The summed E-state index contributed by atoms with van der Waals surface area (Å²) in [6.45, 7) is -0.503. The molecule has 36 heavy (non-hydrogen) atoms. The van der Waals surface area contributed by atoms with Crippen LogP contribution >= 0.6 is 35.0 Å². The van der Waals surface area contributed by atoms with Crippen LogP contribution in [0.2, 0.25) is 10.0 Å². The molecule has 1 aromatic heterocycles. The van der Waals surface area contributed by atoms with Gasteiger partial charge in [-0.2, -0.15) is 0 Å². The summed E-state index contributed by atoms with van der Waals surface area (Å²) in [4.78, 5) is 59.1. The number of rotatable bonds is 7. The summed E-state index contributed by atoms with van der Waals surface area (Å²) < 4.78 is 5.08. The zero-order chi connectivity index (χ0) is 26.0. The first-order chi connectivity index (χ1) is 17.1. The van der Waals surface area contributed by atoms with Gasteiger partial charge in [0.2, 0.25) is 11.8 Å². The van der Waals surface area contributed by atoms with Gasteiger partial charge in [0, 0.05) is 18.1 Å². The van der Waals surface area contributed by atoms with Gasteiger partial charge in [-0.25, -0.2) is 19.7 Å². The van der Waals surface area contributed by atoms with Gasteiger partial charge >= 0.3 is 5.97 Å². The Morgan fingerprint density at radius 2 is 1.61 bits per heavy atom. The highest BCUT2D eigenvalue weighted by atomic mass is 35.5. The van der Waals surface area contributed by atoms with Crippen molar-refractivity contribution in [2.45, 2.75) is 16.8 Å². The molecule has 3 aromatic rings. The van der Waals surface area contributed by atoms with E-state index < -0.39 is 35.4 Å². The number of amides is 2. The molecule has 13 heteroatoms. The number of hydrogen-bond acceptors (Lipinski definition) is 10. The van der Waals surface area contributed by atoms with Crippen LogP contribution in [-0.2, 0) is 14.3 Å². The van der Waals surface area contributed by atoms with Crippen LogP contribution in [0.3, 0.4) is 0 Å². The lowest BCUT2D eigenvalue weighted by molar-refractivity contribution is -0.121. The molecule has 0 radical (unpaired) electrons. The molecule has 1 saturated heterocycles. The van der Waals surface area contributed by atoms with Crippen molar-refractivity contribution >= 4 is 75.9 Å². The smallest absolute Gasteiger partial charge is 0.338 e. The normalized spacial score (nSPS) is 15.3. The quantitative estimate of drug-likeness (QED) is 0.195. The van der Waals surface area contributed by atoms with E-state index in [1.165, 1.54) is 48.5 Å². The average molecular weight is 546 g/mol. The number of imide groups is 1. The lowest BCUT2D eigenvalue weighted by Gasteiger charge is -2.15. The summed E-state index contributed by atoms with van der Waals surface area (Å²) in [7, 11) is 0. The van der Waals surface area contributed by atoms with Crippen molar-refractivity contribution < 1.29 is 23.9 Å². The molecule has 184 valence electrons. The van der Waals surface area contributed by atoms with Crippen LogP contribution in [0, 0.1) is 0 Å². The summed E-state index contributed by atoms with van der Waals surface area (Å²) >= 11 is 12.7. The number of carbonyl (C=O) groups is 4. The number of ether oxygens (including phenoxy) is 1. The summed E-state index contributed by atoms with van der Waals surface area (Å²) in [5, 5.41) is -0.0571. The standard InChI is InChI=1S/C23H17Cl2N5O5S/c24-14-6-3-12(7-15(14)25)16(31)10-35-22(34)11-1-4-13(5-2-11)30-20(32)8-17(21(30)33)36-23-28-18(26)9-19(27)29-23/h1-7,9,17H,8,10H2,(H4,26,27,28,29). The van der Waals surface area contributed by atoms with Gasteiger partial charge in [0.05, 0.1) is 21.3 Å². The first-order valence-corrected chi connectivity index (χ1v) is 11.9. The Labute approximate surface area is 218 Å². The molecular formula is C23H17Cl2N5O5S. The fraction of sp³-hybridized carbons (Fsp3) is 0.130. The Morgan fingerprint density at radius 3 is 2.25 bits per heavy atom. The minimum atomic E-state index is -0.754. The SMILES string of the molecule is Nc1cc(N)nc(SC2CC(=O)N(c3ccc(C(=O)OCC(=O)c4ccc(Cl)c(Cl)c4)cc3)C2=O)n1. The van der Waals surface area contributed by atoms with Crippen LogP contribution in [0.1, 0.15) is 27.1 Å². The molecule has 0 saturated carbocycles. The van der Waals surface area contributed by atoms with E-state index in [2.05, 4.69) is 9.97 Å². The first kappa shape index (κ1) is 25.4. The number of halogens is 2. The maximum absolute atomic E-state index is 12.9. The third-order valence-corrected chi connectivity index (χ3v) is 6.82. The number of hydrogen-bond donors (Lipinski definition) is 2. The van der Waals surface area contributed by atoms with Crippen molar-refractivity contribution in [3.05, 3.63) is 69.7 Å². The van der Waals surface area contributed by atoms with Crippen LogP contribution < -0.4 is 16.4 Å². The second-order valence-electron chi connectivity index (χ2n) is 7.55. The summed E-state index contributed by atoms with van der Waals surface area (Å²) in [5.74, 6) is -1.78. The topological polar surface area (TPSA) is 159 Å². The Hall–Kier alpha value is -3.67. The van der Waals surface area contributed by atoms with Gasteiger partial charge in [-0.15, -0.1) is 0 Å². The molecule has 2 aromatic carbocycles. The number of ketones is 1. The van der Waals surface area contributed by atoms with E-state index >= 15 is 0 Å². The van der Waals surface area contributed by atoms with Crippen molar-refractivity contribution in [1.82, 2.24) is 9.97 Å². The van der Waals surface area contributed by atoms with Gasteiger partial charge in [0.15, 0.2) is 17.5 Å².